The molecule has 0 N–H and O–H groups in total. The molecule has 1 saturated heterocycles. The van der Waals surface area contributed by atoms with Gasteiger partial charge in [-0.25, -0.2) is 0 Å². The van der Waals surface area contributed by atoms with Crippen LogP contribution in [0.1, 0.15) is 23.6 Å². The van der Waals surface area contributed by atoms with Crippen molar-refractivity contribution in [3.63, 3.8) is 0 Å². The van der Waals surface area contributed by atoms with Crippen LogP contribution in [0.15, 0.2) is 48.5 Å². The molecule has 0 aliphatic carbocycles. The van der Waals surface area contributed by atoms with E-state index < -0.39 is 0 Å². The molecular formula is C19H23NO2. The van der Waals surface area contributed by atoms with Crippen LogP contribution in [0.25, 0.3) is 0 Å². The van der Waals surface area contributed by atoms with Gasteiger partial charge < -0.3 is 9.47 Å². The van der Waals surface area contributed by atoms with E-state index in [1.54, 1.807) is 14.2 Å². The monoisotopic (exact) mass is 297 g/mol. The summed E-state index contributed by atoms with van der Waals surface area (Å²) < 4.78 is 10.5. The molecule has 2 aromatic rings. The Balaban J connectivity index is 1.79. The van der Waals surface area contributed by atoms with Gasteiger partial charge in [-0.1, -0.05) is 24.3 Å². The number of methoxy groups -OCH3 is 2. The lowest BCUT2D eigenvalue weighted by molar-refractivity contribution is 0.117. The average molecular weight is 297 g/mol. The Morgan fingerprint density at radius 1 is 0.864 bits per heavy atom. The Kier molecular flexibility index (Phi) is 4.64. The Morgan fingerprint density at radius 2 is 1.41 bits per heavy atom. The molecule has 0 radical (unpaired) electrons. The maximum absolute atomic E-state index is 5.27. The molecule has 1 unspecified atom stereocenters. The fourth-order valence-corrected chi connectivity index (χ4v) is 2.92. The van der Waals surface area contributed by atoms with Crippen molar-refractivity contribution in [3.05, 3.63) is 59.7 Å². The number of likely N-dealkylation sites (tertiary alicyclic amines) is 1. The number of benzene rings is 2. The lowest BCUT2D eigenvalue weighted by Gasteiger charge is -2.39. The van der Waals surface area contributed by atoms with Gasteiger partial charge in [0.05, 0.1) is 14.2 Å². The molecule has 0 saturated carbocycles. The van der Waals surface area contributed by atoms with Gasteiger partial charge in [0.2, 0.25) is 0 Å². The van der Waals surface area contributed by atoms with E-state index in [4.69, 9.17) is 9.47 Å². The van der Waals surface area contributed by atoms with Crippen molar-refractivity contribution in [3.8, 4) is 11.5 Å². The van der Waals surface area contributed by atoms with E-state index in [-0.39, 0.29) is 0 Å². The smallest absolute Gasteiger partial charge is 0.118 e. The fourth-order valence-electron chi connectivity index (χ4n) is 2.92. The molecule has 0 spiro atoms. The van der Waals surface area contributed by atoms with Gasteiger partial charge in [-0.15, -0.1) is 0 Å². The highest BCUT2D eigenvalue weighted by Gasteiger charge is 2.25. The third-order valence-corrected chi connectivity index (χ3v) is 4.42. The first-order chi connectivity index (χ1) is 10.8. The van der Waals surface area contributed by atoms with E-state index in [2.05, 4.69) is 41.3 Å². The SMILES string of the molecule is COc1ccc(CC(c2ccc(OC)cc2)N2CCC2)cc1. The highest BCUT2D eigenvalue weighted by Crippen LogP contribution is 2.30. The van der Waals surface area contributed by atoms with Crippen LogP contribution in [0.4, 0.5) is 0 Å². The molecule has 1 atom stereocenters. The van der Waals surface area contributed by atoms with E-state index in [1.165, 1.54) is 30.6 Å². The first kappa shape index (κ1) is 14.9. The number of hydrogen-bond acceptors (Lipinski definition) is 3. The van der Waals surface area contributed by atoms with Gasteiger partial charge in [0.15, 0.2) is 0 Å². The minimum atomic E-state index is 0.438. The molecule has 1 aliphatic rings. The van der Waals surface area contributed by atoms with Crippen LogP contribution in [0.2, 0.25) is 0 Å². The predicted molar refractivity (Wildman–Crippen MR) is 88.6 cm³/mol. The summed E-state index contributed by atoms with van der Waals surface area (Å²) in [6, 6.07) is 17.3. The number of ether oxygens (including phenoxy) is 2. The highest BCUT2D eigenvalue weighted by molar-refractivity contribution is 5.32. The second kappa shape index (κ2) is 6.84. The topological polar surface area (TPSA) is 21.7 Å². The van der Waals surface area contributed by atoms with Gasteiger partial charge in [-0.05, 0) is 61.3 Å². The largest absolute Gasteiger partial charge is 0.497 e. The molecule has 0 bridgehead atoms. The van der Waals surface area contributed by atoms with Crippen LogP contribution in [0.5, 0.6) is 11.5 Å². The van der Waals surface area contributed by atoms with Crippen molar-refractivity contribution in [2.24, 2.45) is 0 Å². The van der Waals surface area contributed by atoms with Crippen molar-refractivity contribution < 1.29 is 9.47 Å². The summed E-state index contributed by atoms with van der Waals surface area (Å²) in [4.78, 5) is 2.55. The molecule has 1 heterocycles. The Hall–Kier alpha value is -2.00. The molecule has 3 nitrogen and oxygen atoms in total. The van der Waals surface area contributed by atoms with Crippen LogP contribution < -0.4 is 9.47 Å². The maximum Gasteiger partial charge on any atom is 0.118 e. The summed E-state index contributed by atoms with van der Waals surface area (Å²) in [5.74, 6) is 1.82. The van der Waals surface area contributed by atoms with E-state index in [9.17, 15) is 0 Å². The van der Waals surface area contributed by atoms with Gasteiger partial charge in [0, 0.05) is 6.04 Å². The van der Waals surface area contributed by atoms with Gasteiger partial charge >= 0.3 is 0 Å². The third kappa shape index (κ3) is 3.25. The van der Waals surface area contributed by atoms with Crippen molar-refractivity contribution in [2.45, 2.75) is 18.9 Å². The van der Waals surface area contributed by atoms with Crippen molar-refractivity contribution >= 4 is 0 Å². The molecule has 1 fully saturated rings. The first-order valence-corrected chi connectivity index (χ1v) is 7.81. The Labute approximate surface area is 132 Å². The van der Waals surface area contributed by atoms with E-state index >= 15 is 0 Å². The van der Waals surface area contributed by atoms with Gasteiger partial charge in [0.25, 0.3) is 0 Å². The minimum absolute atomic E-state index is 0.438. The standard InChI is InChI=1S/C19H23NO2/c1-21-17-8-4-15(5-9-17)14-19(20-12-3-13-20)16-6-10-18(22-2)11-7-16/h4-11,19H,3,12-14H2,1-2H3. The summed E-state index contributed by atoms with van der Waals surface area (Å²) in [6.07, 6.45) is 2.32. The first-order valence-electron chi connectivity index (χ1n) is 7.81. The molecule has 1 aliphatic heterocycles. The fraction of sp³-hybridized carbons (Fsp3) is 0.368. The number of hydrogen-bond donors (Lipinski definition) is 0. The molecule has 3 rings (SSSR count). The maximum atomic E-state index is 5.27. The van der Waals surface area contributed by atoms with Crippen molar-refractivity contribution in [2.75, 3.05) is 27.3 Å². The zero-order chi connectivity index (χ0) is 15.4. The van der Waals surface area contributed by atoms with Crippen LogP contribution >= 0.6 is 0 Å². The average Bonchev–Trinajstić information content (AvgIpc) is 2.53. The Morgan fingerprint density at radius 3 is 1.86 bits per heavy atom. The summed E-state index contributed by atoms with van der Waals surface area (Å²) in [5, 5.41) is 0. The highest BCUT2D eigenvalue weighted by atomic mass is 16.5. The second-order valence-corrected chi connectivity index (χ2v) is 5.73. The van der Waals surface area contributed by atoms with Gasteiger partial charge in [-0.3, -0.25) is 4.90 Å². The third-order valence-electron chi connectivity index (χ3n) is 4.42. The van der Waals surface area contributed by atoms with Crippen LogP contribution in [-0.2, 0) is 6.42 Å². The molecule has 3 heteroatoms. The molecule has 22 heavy (non-hydrogen) atoms. The van der Waals surface area contributed by atoms with Crippen molar-refractivity contribution in [1.82, 2.24) is 4.90 Å². The molecule has 116 valence electrons. The molecule has 0 aromatic heterocycles. The van der Waals surface area contributed by atoms with Gasteiger partial charge in [-0.2, -0.15) is 0 Å². The molecule has 2 aromatic carbocycles. The van der Waals surface area contributed by atoms with Crippen molar-refractivity contribution in [1.29, 1.82) is 0 Å². The number of rotatable bonds is 6. The summed E-state index contributed by atoms with van der Waals surface area (Å²) in [5.41, 5.74) is 2.70. The van der Waals surface area contributed by atoms with E-state index in [0.29, 0.717) is 6.04 Å². The van der Waals surface area contributed by atoms with Crippen LogP contribution in [0.3, 0.4) is 0 Å². The minimum Gasteiger partial charge on any atom is -0.497 e. The lowest BCUT2D eigenvalue weighted by atomic mass is 9.95. The lowest BCUT2D eigenvalue weighted by Crippen LogP contribution is -2.41. The molecular weight excluding hydrogens is 274 g/mol. The van der Waals surface area contributed by atoms with Crippen LogP contribution in [-0.4, -0.2) is 32.2 Å². The second-order valence-electron chi connectivity index (χ2n) is 5.73. The summed E-state index contributed by atoms with van der Waals surface area (Å²) in [6.45, 7) is 2.37. The predicted octanol–water partition coefficient (Wildman–Crippen LogP) is 3.69. The number of nitrogens with zero attached hydrogens (tertiary/aromatic N) is 1. The molecule has 0 amide bonds. The quantitative estimate of drug-likeness (QED) is 0.811. The van der Waals surface area contributed by atoms with E-state index in [0.717, 1.165) is 17.9 Å². The summed E-state index contributed by atoms with van der Waals surface area (Å²) >= 11 is 0. The zero-order valence-electron chi connectivity index (χ0n) is 13.3. The summed E-state index contributed by atoms with van der Waals surface area (Å²) in [7, 11) is 3.41. The van der Waals surface area contributed by atoms with E-state index in [1.807, 2.05) is 12.1 Å². The normalized spacial score (nSPS) is 15.9. The zero-order valence-corrected chi connectivity index (χ0v) is 13.3. The Bertz CT molecular complexity index is 588. The van der Waals surface area contributed by atoms with Gasteiger partial charge in [0.1, 0.15) is 11.5 Å². The van der Waals surface area contributed by atoms with Crippen LogP contribution in [0, 0.1) is 0 Å².